The molecule has 0 bridgehead atoms. The van der Waals surface area contributed by atoms with Crippen molar-refractivity contribution < 1.29 is 14.4 Å². The van der Waals surface area contributed by atoms with Crippen LogP contribution in [0.5, 0.6) is 0 Å². The van der Waals surface area contributed by atoms with Gasteiger partial charge >= 0.3 is 0 Å². The van der Waals surface area contributed by atoms with Crippen molar-refractivity contribution in [3.63, 3.8) is 0 Å². The number of hydrogen-bond acceptors (Lipinski definition) is 4. The zero-order chi connectivity index (χ0) is 17.6. The largest absolute Gasteiger partial charge is 0.307 e. The van der Waals surface area contributed by atoms with Gasteiger partial charge in [0.15, 0.2) is 0 Å². The third-order valence-electron chi connectivity index (χ3n) is 3.88. The van der Waals surface area contributed by atoms with E-state index in [-0.39, 0.29) is 23.3 Å². The third-order valence-corrected chi connectivity index (χ3v) is 3.88. The first-order chi connectivity index (χ1) is 11.2. The second kappa shape index (κ2) is 5.30. The van der Waals surface area contributed by atoms with Gasteiger partial charge in [-0.15, -0.1) is 0 Å². The van der Waals surface area contributed by atoms with E-state index >= 15 is 0 Å². The van der Waals surface area contributed by atoms with E-state index in [9.17, 15) is 14.4 Å². The van der Waals surface area contributed by atoms with Crippen LogP contribution in [0.15, 0.2) is 30.5 Å². The quantitative estimate of drug-likeness (QED) is 0.856. The number of hydrogen-bond donors (Lipinski definition) is 1. The first kappa shape index (κ1) is 15.9. The molecule has 0 spiro atoms. The van der Waals surface area contributed by atoms with Gasteiger partial charge in [-0.3, -0.25) is 24.0 Å². The summed E-state index contributed by atoms with van der Waals surface area (Å²) in [5.41, 5.74) is 0.274. The van der Waals surface area contributed by atoms with Gasteiger partial charge in [-0.2, -0.15) is 5.10 Å². The van der Waals surface area contributed by atoms with Gasteiger partial charge in [-0.05, 0) is 39.0 Å². The standard InChI is InChI=1S/C17H18N4O3/c1-17(2,3)21-15(23)11-6-5-10(9-12(11)16(21)24)14(22)19-13-7-8-18-20(13)4/h5-9H,1-4H3,(H,19,22). The molecule has 1 aliphatic rings. The number of imide groups is 1. The number of anilines is 1. The molecule has 0 unspecified atom stereocenters. The highest BCUT2D eigenvalue weighted by atomic mass is 16.2. The molecule has 1 aliphatic heterocycles. The zero-order valence-electron chi connectivity index (χ0n) is 14.0. The fraction of sp³-hybridized carbons (Fsp3) is 0.294. The Labute approximate surface area is 139 Å². The van der Waals surface area contributed by atoms with Crippen LogP contribution in [0.2, 0.25) is 0 Å². The maximum absolute atomic E-state index is 12.6. The minimum atomic E-state index is -0.621. The maximum atomic E-state index is 12.6. The van der Waals surface area contributed by atoms with Crippen LogP contribution in [0.3, 0.4) is 0 Å². The molecule has 0 aliphatic carbocycles. The van der Waals surface area contributed by atoms with E-state index in [0.717, 1.165) is 0 Å². The average molecular weight is 326 g/mol. The Kier molecular flexibility index (Phi) is 3.51. The summed E-state index contributed by atoms with van der Waals surface area (Å²) >= 11 is 0. The molecular formula is C17H18N4O3. The molecule has 7 nitrogen and oxygen atoms in total. The average Bonchev–Trinajstić information content (AvgIpc) is 3.00. The molecule has 24 heavy (non-hydrogen) atoms. The lowest BCUT2D eigenvalue weighted by Crippen LogP contribution is -2.45. The van der Waals surface area contributed by atoms with Crippen LogP contribution in [0.4, 0.5) is 5.82 Å². The molecule has 2 aromatic rings. The first-order valence-electron chi connectivity index (χ1n) is 7.52. The Morgan fingerprint density at radius 3 is 2.33 bits per heavy atom. The van der Waals surface area contributed by atoms with Crippen molar-refractivity contribution in [3.8, 4) is 0 Å². The van der Waals surface area contributed by atoms with Crippen LogP contribution in [-0.4, -0.2) is 37.9 Å². The third kappa shape index (κ3) is 2.47. The van der Waals surface area contributed by atoms with E-state index in [1.807, 2.05) is 0 Å². The van der Waals surface area contributed by atoms with Crippen molar-refractivity contribution in [1.29, 1.82) is 0 Å². The van der Waals surface area contributed by atoms with Crippen LogP contribution in [0.25, 0.3) is 0 Å². The molecule has 0 saturated carbocycles. The zero-order valence-corrected chi connectivity index (χ0v) is 14.0. The molecule has 0 radical (unpaired) electrons. The highest BCUT2D eigenvalue weighted by Gasteiger charge is 2.42. The van der Waals surface area contributed by atoms with Crippen molar-refractivity contribution in [2.24, 2.45) is 7.05 Å². The molecule has 1 N–H and O–H groups in total. The lowest BCUT2D eigenvalue weighted by atomic mass is 10.1. The van der Waals surface area contributed by atoms with Crippen molar-refractivity contribution in [2.45, 2.75) is 26.3 Å². The van der Waals surface area contributed by atoms with Gasteiger partial charge in [-0.25, -0.2) is 0 Å². The van der Waals surface area contributed by atoms with Gasteiger partial charge in [-0.1, -0.05) is 0 Å². The maximum Gasteiger partial charge on any atom is 0.262 e. The molecule has 124 valence electrons. The fourth-order valence-corrected chi connectivity index (χ4v) is 2.68. The van der Waals surface area contributed by atoms with E-state index in [4.69, 9.17) is 0 Å². The molecule has 0 saturated heterocycles. The van der Waals surface area contributed by atoms with Crippen molar-refractivity contribution in [1.82, 2.24) is 14.7 Å². The monoisotopic (exact) mass is 326 g/mol. The number of aromatic nitrogens is 2. The molecule has 0 fully saturated rings. The predicted molar refractivity (Wildman–Crippen MR) is 87.9 cm³/mol. The number of amides is 3. The minimum Gasteiger partial charge on any atom is -0.307 e. The van der Waals surface area contributed by atoms with Crippen LogP contribution in [-0.2, 0) is 7.05 Å². The van der Waals surface area contributed by atoms with E-state index in [2.05, 4.69) is 10.4 Å². The number of benzene rings is 1. The summed E-state index contributed by atoms with van der Waals surface area (Å²) in [6.45, 7) is 5.39. The van der Waals surface area contributed by atoms with E-state index in [1.54, 1.807) is 46.1 Å². The number of carbonyl (C=O) groups excluding carboxylic acids is 3. The molecule has 3 amide bonds. The van der Waals surface area contributed by atoms with Crippen LogP contribution < -0.4 is 5.32 Å². The predicted octanol–water partition coefficient (Wildman–Crippen LogP) is 2.07. The fourth-order valence-electron chi connectivity index (χ4n) is 2.68. The van der Waals surface area contributed by atoms with Gasteiger partial charge in [0.1, 0.15) is 5.82 Å². The van der Waals surface area contributed by atoms with E-state index in [0.29, 0.717) is 16.9 Å². The lowest BCUT2D eigenvalue weighted by molar-refractivity contribution is 0.0507. The Morgan fingerprint density at radius 2 is 1.75 bits per heavy atom. The molecule has 1 aromatic heterocycles. The summed E-state index contributed by atoms with van der Waals surface area (Å²) in [4.78, 5) is 38.6. The SMILES string of the molecule is Cn1nccc1NC(=O)c1ccc2c(c1)C(=O)N(C(C)(C)C)C2=O. The Hall–Kier alpha value is -2.96. The van der Waals surface area contributed by atoms with Gasteiger partial charge < -0.3 is 5.32 Å². The summed E-state index contributed by atoms with van der Waals surface area (Å²) in [6, 6.07) is 6.20. The lowest BCUT2D eigenvalue weighted by Gasteiger charge is -2.29. The minimum absolute atomic E-state index is 0.257. The van der Waals surface area contributed by atoms with Gasteiger partial charge in [0, 0.05) is 24.2 Å². The number of nitrogens with zero attached hydrogens (tertiary/aromatic N) is 3. The van der Waals surface area contributed by atoms with Crippen LogP contribution in [0.1, 0.15) is 51.8 Å². The molecule has 7 heteroatoms. The van der Waals surface area contributed by atoms with Gasteiger partial charge in [0.25, 0.3) is 17.7 Å². The van der Waals surface area contributed by atoms with Crippen molar-refractivity contribution in [3.05, 3.63) is 47.2 Å². The number of fused-ring (bicyclic) bond motifs is 1. The second-order valence-corrected chi connectivity index (χ2v) is 6.67. The first-order valence-corrected chi connectivity index (χ1v) is 7.52. The number of carbonyl (C=O) groups is 3. The summed E-state index contributed by atoms with van der Waals surface area (Å²) in [5.74, 6) is -0.533. The van der Waals surface area contributed by atoms with Crippen LogP contribution in [0, 0.1) is 0 Å². The molecule has 0 atom stereocenters. The van der Waals surface area contributed by atoms with E-state index in [1.165, 1.54) is 21.7 Å². The summed E-state index contributed by atoms with van der Waals surface area (Å²) in [7, 11) is 1.71. The van der Waals surface area contributed by atoms with Crippen LogP contribution >= 0.6 is 0 Å². The topological polar surface area (TPSA) is 84.3 Å². The Morgan fingerprint density at radius 1 is 1.08 bits per heavy atom. The molecule has 3 rings (SSSR count). The highest BCUT2D eigenvalue weighted by molar-refractivity contribution is 6.22. The molecular weight excluding hydrogens is 308 g/mol. The van der Waals surface area contributed by atoms with Crippen molar-refractivity contribution >= 4 is 23.5 Å². The molecule has 2 heterocycles. The van der Waals surface area contributed by atoms with Gasteiger partial charge in [0.05, 0.1) is 17.3 Å². The summed E-state index contributed by atoms with van der Waals surface area (Å²) < 4.78 is 1.53. The summed E-state index contributed by atoms with van der Waals surface area (Å²) in [6.07, 6.45) is 1.57. The second-order valence-electron chi connectivity index (χ2n) is 6.67. The smallest absolute Gasteiger partial charge is 0.262 e. The Bertz CT molecular complexity index is 861. The Balaban J connectivity index is 1.93. The molecule has 1 aromatic carbocycles. The van der Waals surface area contributed by atoms with Crippen molar-refractivity contribution in [2.75, 3.05) is 5.32 Å². The summed E-state index contributed by atoms with van der Waals surface area (Å²) in [5, 5.41) is 6.69. The van der Waals surface area contributed by atoms with Gasteiger partial charge in [0.2, 0.25) is 0 Å². The number of rotatable bonds is 2. The normalized spacial score (nSPS) is 14.1. The van der Waals surface area contributed by atoms with E-state index < -0.39 is 5.54 Å². The number of nitrogens with one attached hydrogen (secondary N) is 1. The number of aryl methyl sites for hydroxylation is 1. The highest BCUT2D eigenvalue weighted by Crippen LogP contribution is 2.30.